The van der Waals surface area contributed by atoms with Crippen LogP contribution in [0.3, 0.4) is 0 Å². The molecule has 0 saturated heterocycles. The second kappa shape index (κ2) is 17.6. The van der Waals surface area contributed by atoms with Gasteiger partial charge < -0.3 is 13.9 Å². The third-order valence-corrected chi connectivity index (χ3v) is 11.8. The molecule has 0 spiro atoms. The zero-order chi connectivity index (χ0) is 52.1. The molecule has 10 aromatic rings. The standard InChI is InChI=1S/C61H56N4O.Pt/c1-59(2,3)39-41-31-32-62-57(33-41)65-53-26-14-13-23-51(53)52-30-29-48(38-56(52)65)66-47-22-17-21-46(37-47)63-40-64(55-28-16-15-27-54(55)63)58-49(42-19-11-10-12-20-42)24-18-25-50(58)43-34-44(60(4,5)6)36-45(35-43)61(7,8)9;/h10-36H,39H2,1-9H3;/q-2;/i10D,11D,12D,19D,20D,39D2;. The Labute approximate surface area is 419 Å². The van der Waals surface area contributed by atoms with E-state index in [1.165, 1.54) is 0 Å². The summed E-state index contributed by atoms with van der Waals surface area (Å²) in [5.41, 5.74) is 8.38. The van der Waals surface area contributed by atoms with Gasteiger partial charge in [-0.2, -0.15) is 18.2 Å². The van der Waals surface area contributed by atoms with Crippen molar-refractivity contribution < 1.29 is 40.0 Å². The van der Waals surface area contributed by atoms with Crippen LogP contribution in [-0.2, 0) is 38.3 Å². The number of ether oxygens (including phenoxy) is 1. The van der Waals surface area contributed by atoms with Crippen molar-refractivity contribution in [2.24, 2.45) is 5.41 Å². The second-order valence-electron chi connectivity index (χ2n) is 20.0. The first-order chi connectivity index (χ1) is 34.4. The van der Waals surface area contributed by atoms with Gasteiger partial charge in [0.2, 0.25) is 0 Å². The van der Waals surface area contributed by atoms with Crippen LogP contribution in [0.1, 0.15) is 88.6 Å². The van der Waals surface area contributed by atoms with Crippen LogP contribution in [0.4, 0.5) is 0 Å². The van der Waals surface area contributed by atoms with Crippen LogP contribution in [0.25, 0.3) is 72.3 Å². The fourth-order valence-corrected chi connectivity index (χ4v) is 8.62. The monoisotopic (exact) mass is 1060 g/mol. The first-order valence-electron chi connectivity index (χ1n) is 25.9. The molecule has 67 heavy (non-hydrogen) atoms. The Morgan fingerprint density at radius 2 is 1.30 bits per heavy atom. The van der Waals surface area contributed by atoms with Gasteiger partial charge in [-0.3, -0.25) is 4.57 Å². The summed E-state index contributed by atoms with van der Waals surface area (Å²) in [5, 5.41) is 1.93. The SMILES string of the molecule is [2H]c1c([2H])c([2H])c(-c2cccc(-c3cc(C(C)(C)C)cc(C(C)(C)C)c3)c2-[n+]2[c-]n(-c3[c-]c(Oc4[c-]c5c(cc4)c4ccccc4n5-c4cc(C([2H])([2H])C(C)(C)C)ccn4)ccc3)c3ccccc32)c([2H])c1[2H].[Pt]. The molecule has 0 atom stereocenters. The second-order valence-corrected chi connectivity index (χ2v) is 20.0. The Kier molecular flexibility index (Phi) is 9.85. The third kappa shape index (κ3) is 9.02. The summed E-state index contributed by atoms with van der Waals surface area (Å²) in [6, 6.07) is 46.5. The van der Waals surface area contributed by atoms with E-state index in [-0.39, 0.29) is 49.5 Å². The first-order valence-corrected chi connectivity index (χ1v) is 22.4. The normalized spacial score (nSPS) is 13.9. The van der Waals surface area contributed by atoms with Gasteiger partial charge in [0, 0.05) is 47.0 Å². The van der Waals surface area contributed by atoms with Crippen molar-refractivity contribution in [1.29, 1.82) is 0 Å². The van der Waals surface area contributed by atoms with Crippen LogP contribution in [0.15, 0.2) is 164 Å². The van der Waals surface area contributed by atoms with E-state index in [1.54, 1.807) is 12.3 Å². The van der Waals surface area contributed by atoms with Crippen LogP contribution in [0.5, 0.6) is 11.5 Å². The molecule has 0 amide bonds. The third-order valence-electron chi connectivity index (χ3n) is 11.8. The Hall–Kier alpha value is -6.55. The van der Waals surface area contributed by atoms with Crippen LogP contribution in [0.2, 0.25) is 0 Å². The number of para-hydroxylation sites is 4. The van der Waals surface area contributed by atoms with Gasteiger partial charge in [-0.25, -0.2) is 4.98 Å². The molecular weight excluding hydrogens is 1000 g/mol. The summed E-state index contributed by atoms with van der Waals surface area (Å²) < 4.78 is 74.8. The topological polar surface area (TPSA) is 35.9 Å². The fourth-order valence-electron chi connectivity index (χ4n) is 8.62. The molecule has 0 fully saturated rings. The molecule has 0 unspecified atom stereocenters. The zero-order valence-electron chi connectivity index (χ0n) is 46.2. The van der Waals surface area contributed by atoms with E-state index in [0.717, 1.165) is 55.1 Å². The molecule has 0 aliphatic rings. The van der Waals surface area contributed by atoms with Gasteiger partial charge in [0.05, 0.1) is 23.6 Å². The molecule has 0 bridgehead atoms. The Morgan fingerprint density at radius 1 is 0.642 bits per heavy atom. The predicted octanol–water partition coefficient (Wildman–Crippen LogP) is 15.1. The van der Waals surface area contributed by atoms with Crippen molar-refractivity contribution >= 4 is 32.8 Å². The number of pyridine rings is 1. The summed E-state index contributed by atoms with van der Waals surface area (Å²) in [7, 11) is 0. The summed E-state index contributed by atoms with van der Waals surface area (Å²) in [5.74, 6) is 1.42. The van der Waals surface area contributed by atoms with Crippen LogP contribution in [0, 0.1) is 23.9 Å². The van der Waals surface area contributed by atoms with E-state index < -0.39 is 29.9 Å². The average Bonchev–Trinajstić information content (AvgIpc) is 3.90. The van der Waals surface area contributed by atoms with Crippen LogP contribution in [-0.4, -0.2) is 14.1 Å². The van der Waals surface area contributed by atoms with E-state index in [9.17, 15) is 2.74 Å². The summed E-state index contributed by atoms with van der Waals surface area (Å²) >= 11 is 0. The average molecular weight is 1060 g/mol. The van der Waals surface area contributed by atoms with Crippen LogP contribution < -0.4 is 9.30 Å². The van der Waals surface area contributed by atoms with Crippen molar-refractivity contribution in [1.82, 2.24) is 14.1 Å². The van der Waals surface area contributed by atoms with E-state index in [0.29, 0.717) is 39.8 Å². The van der Waals surface area contributed by atoms with Gasteiger partial charge in [-0.05, 0) is 90.8 Å². The maximum absolute atomic E-state index is 9.20. The number of nitrogens with zero attached hydrogens (tertiary/aromatic N) is 4. The maximum Gasteiger partial charge on any atom is 0.268 e. The molecule has 338 valence electrons. The quantitative estimate of drug-likeness (QED) is 0.112. The molecule has 0 saturated carbocycles. The van der Waals surface area contributed by atoms with Crippen molar-refractivity contribution in [3.63, 3.8) is 0 Å². The number of imidazole rings is 1. The smallest absolute Gasteiger partial charge is 0.268 e. The van der Waals surface area contributed by atoms with E-state index in [2.05, 4.69) is 84.3 Å². The minimum atomic E-state index is -1.63. The van der Waals surface area contributed by atoms with Gasteiger partial charge in [0.1, 0.15) is 5.82 Å². The van der Waals surface area contributed by atoms with E-state index in [1.807, 2.05) is 132 Å². The maximum atomic E-state index is 9.20. The zero-order valence-corrected chi connectivity index (χ0v) is 41.5. The minimum absolute atomic E-state index is 0. The Bertz CT molecular complexity index is 3780. The van der Waals surface area contributed by atoms with Crippen molar-refractivity contribution in [3.8, 4) is 50.9 Å². The van der Waals surface area contributed by atoms with Gasteiger partial charge in [-0.15, -0.1) is 29.7 Å². The number of rotatable bonds is 8. The number of hydrogen-bond acceptors (Lipinski definition) is 2. The molecule has 0 radical (unpaired) electrons. The van der Waals surface area contributed by atoms with Gasteiger partial charge in [-0.1, -0.05) is 177 Å². The van der Waals surface area contributed by atoms with E-state index in [4.69, 9.17) is 16.6 Å². The van der Waals surface area contributed by atoms with Gasteiger partial charge in [0.25, 0.3) is 6.33 Å². The number of aromatic nitrogens is 4. The summed E-state index contributed by atoms with van der Waals surface area (Å²) in [6.07, 6.45) is 3.67. The fraction of sp³-hybridized carbons (Fsp3) is 0.213. The van der Waals surface area contributed by atoms with E-state index >= 15 is 0 Å². The molecule has 0 aliphatic carbocycles. The molecule has 0 aliphatic heterocycles. The number of fused-ring (bicyclic) bond motifs is 4. The van der Waals surface area contributed by atoms with Gasteiger partial charge >= 0.3 is 0 Å². The van der Waals surface area contributed by atoms with Crippen molar-refractivity contribution in [3.05, 3.63) is 199 Å². The summed E-state index contributed by atoms with van der Waals surface area (Å²) in [6.45, 7) is 18.8. The number of hydrogen-bond donors (Lipinski definition) is 0. The van der Waals surface area contributed by atoms with Gasteiger partial charge in [0.15, 0.2) is 0 Å². The molecule has 6 heteroatoms. The van der Waals surface area contributed by atoms with Crippen LogP contribution >= 0.6 is 0 Å². The largest absolute Gasteiger partial charge is 0.510 e. The van der Waals surface area contributed by atoms with Crippen molar-refractivity contribution in [2.75, 3.05) is 0 Å². The predicted molar refractivity (Wildman–Crippen MR) is 271 cm³/mol. The number of benzene rings is 7. The molecule has 3 aromatic heterocycles. The molecule has 10 rings (SSSR count). The Morgan fingerprint density at radius 3 is 2.01 bits per heavy atom. The molecular formula is C61H56N4OPt-2. The summed E-state index contributed by atoms with van der Waals surface area (Å²) in [4.78, 5) is 4.76. The minimum Gasteiger partial charge on any atom is -0.510 e. The first kappa shape index (κ1) is 37.5. The molecule has 3 heterocycles. The molecule has 7 aromatic carbocycles. The molecule has 0 N–H and O–H groups in total. The molecule has 5 nitrogen and oxygen atoms in total. The van der Waals surface area contributed by atoms with Crippen molar-refractivity contribution in [2.45, 2.75) is 79.5 Å². The Balaban J connectivity index is 0.00000672.